The van der Waals surface area contributed by atoms with E-state index in [1.54, 1.807) is 0 Å². The topological polar surface area (TPSA) is 29.5 Å². The maximum absolute atomic E-state index is 7.07. The normalized spacial score (nSPS) is 13.6. The minimum Gasteiger partial charge on any atom is -0.456 e. The molecule has 54 heavy (non-hydrogen) atoms. The molecule has 0 amide bonds. The molecule has 2 heterocycles. The molecule has 2 aromatic heterocycles. The lowest BCUT2D eigenvalue weighted by Crippen LogP contribution is -2.30. The molecule has 0 bridgehead atoms. The summed E-state index contributed by atoms with van der Waals surface area (Å²) in [4.78, 5) is 2.40. The van der Waals surface area contributed by atoms with Gasteiger partial charge in [-0.05, 0) is 93.5 Å². The number of hydrogen-bond donors (Lipinski definition) is 0. The zero-order chi connectivity index (χ0) is 35.4. The summed E-state index contributed by atoms with van der Waals surface area (Å²) in [6.07, 6.45) is 4.56. The lowest BCUT2D eigenvalue weighted by atomic mass is 9.65. The molecular weight excluding hydrogens is 659 g/mol. The molecular formula is C51H31NO2. The van der Waals surface area contributed by atoms with Crippen molar-refractivity contribution in [2.24, 2.45) is 0 Å². The van der Waals surface area contributed by atoms with Crippen molar-refractivity contribution in [3.8, 4) is 11.1 Å². The quantitative estimate of drug-likeness (QED) is 0.185. The monoisotopic (exact) mass is 689 g/mol. The van der Waals surface area contributed by atoms with Crippen LogP contribution in [-0.2, 0) is 5.41 Å². The average molecular weight is 690 g/mol. The van der Waals surface area contributed by atoms with Gasteiger partial charge < -0.3 is 13.7 Å². The van der Waals surface area contributed by atoms with Crippen LogP contribution in [0.1, 0.15) is 33.4 Å². The summed E-state index contributed by atoms with van der Waals surface area (Å²) < 4.78 is 13.6. The van der Waals surface area contributed by atoms with E-state index in [1.165, 1.54) is 33.4 Å². The molecule has 0 unspecified atom stereocenters. The van der Waals surface area contributed by atoms with E-state index in [-0.39, 0.29) is 0 Å². The summed E-state index contributed by atoms with van der Waals surface area (Å²) in [5, 5.41) is 4.40. The van der Waals surface area contributed by atoms with Gasteiger partial charge in [0.25, 0.3) is 0 Å². The van der Waals surface area contributed by atoms with Crippen molar-refractivity contribution in [2.45, 2.75) is 5.41 Å². The van der Waals surface area contributed by atoms with Crippen LogP contribution in [0.2, 0.25) is 0 Å². The summed E-state index contributed by atoms with van der Waals surface area (Å²) in [6, 6.07) is 63.3. The van der Waals surface area contributed by atoms with Crippen LogP contribution in [-0.4, -0.2) is 0 Å². The van der Waals surface area contributed by atoms with Crippen molar-refractivity contribution in [3.63, 3.8) is 0 Å². The molecule has 3 heteroatoms. The Kier molecular flexibility index (Phi) is 5.98. The zero-order valence-electron chi connectivity index (χ0n) is 29.2. The SMILES string of the molecule is C1=Cc2c(cc(N(c3ccccc3)c3ccccc3)c3c2oc2ccccc23)C2(c3cc4c(cc31)oc1ccccc14)c1ccccc1-c1ccccc12. The van der Waals surface area contributed by atoms with E-state index in [4.69, 9.17) is 8.83 Å². The lowest BCUT2D eigenvalue weighted by molar-refractivity contribution is 0.663. The number of nitrogens with zero attached hydrogens (tertiary/aromatic N) is 1. The Morgan fingerprint density at radius 1 is 0.407 bits per heavy atom. The van der Waals surface area contributed by atoms with E-state index < -0.39 is 5.41 Å². The number of anilines is 3. The Hall–Kier alpha value is -7.10. The lowest BCUT2D eigenvalue weighted by Gasteiger charge is -2.36. The molecule has 0 fully saturated rings. The molecule has 0 radical (unpaired) electrons. The first-order valence-corrected chi connectivity index (χ1v) is 18.5. The minimum absolute atomic E-state index is 0.686. The van der Waals surface area contributed by atoms with Crippen LogP contribution in [0.15, 0.2) is 185 Å². The number of hydrogen-bond acceptors (Lipinski definition) is 3. The van der Waals surface area contributed by atoms with E-state index in [0.717, 1.165) is 72.1 Å². The summed E-state index contributed by atoms with van der Waals surface area (Å²) in [7, 11) is 0. The van der Waals surface area contributed by atoms with Gasteiger partial charge in [-0.25, -0.2) is 0 Å². The van der Waals surface area contributed by atoms with Gasteiger partial charge in [0, 0.05) is 33.1 Å². The molecule has 1 spiro atoms. The van der Waals surface area contributed by atoms with Crippen LogP contribution in [0.3, 0.4) is 0 Å². The van der Waals surface area contributed by atoms with E-state index >= 15 is 0 Å². The van der Waals surface area contributed by atoms with Crippen LogP contribution >= 0.6 is 0 Å². The van der Waals surface area contributed by atoms with E-state index in [0.29, 0.717) is 0 Å². The first-order valence-electron chi connectivity index (χ1n) is 18.5. The van der Waals surface area contributed by atoms with E-state index in [1.807, 2.05) is 6.07 Å². The van der Waals surface area contributed by atoms with Gasteiger partial charge in [0.15, 0.2) is 0 Å². The summed E-state index contributed by atoms with van der Waals surface area (Å²) in [5.74, 6) is 0. The largest absolute Gasteiger partial charge is 0.456 e. The number of para-hydroxylation sites is 4. The molecule has 0 saturated carbocycles. The van der Waals surface area contributed by atoms with Gasteiger partial charge in [0.2, 0.25) is 0 Å². The molecule has 0 aliphatic heterocycles. The third kappa shape index (κ3) is 3.85. The Morgan fingerprint density at radius 2 is 0.981 bits per heavy atom. The fourth-order valence-electron chi connectivity index (χ4n) is 9.52. The first-order chi connectivity index (χ1) is 26.8. The first kappa shape index (κ1) is 29.5. The zero-order valence-corrected chi connectivity index (χ0v) is 29.2. The standard InChI is InChI=1S/C51H31NO2/c1-3-15-33(16-4-1)52(34-17-5-2-6-18-34)45-31-44-38(50-49(45)39-22-10-14-26-47(39)54-50)28-27-32-29-48-40(37-21-9-13-25-46(37)53-48)30-43(32)51(44)41-23-11-7-19-35(41)36-20-8-12-24-42(36)51/h1-31H. The molecule has 2 aliphatic rings. The van der Waals surface area contributed by atoms with Crippen LogP contribution < -0.4 is 4.90 Å². The third-order valence-corrected chi connectivity index (χ3v) is 11.7. The smallest absolute Gasteiger partial charge is 0.145 e. The second-order valence-corrected chi connectivity index (χ2v) is 14.4. The minimum atomic E-state index is -0.686. The van der Waals surface area contributed by atoms with E-state index in [9.17, 15) is 0 Å². The maximum Gasteiger partial charge on any atom is 0.145 e. The van der Waals surface area contributed by atoms with Crippen LogP contribution in [0.4, 0.5) is 17.1 Å². The number of benzene rings is 8. The average Bonchev–Trinajstić information content (AvgIpc) is 3.86. The summed E-state index contributed by atoms with van der Waals surface area (Å²) >= 11 is 0. The number of furan rings is 2. The molecule has 0 atom stereocenters. The highest BCUT2D eigenvalue weighted by Gasteiger charge is 2.49. The molecule has 12 rings (SSSR count). The number of fused-ring (bicyclic) bond motifs is 16. The van der Waals surface area contributed by atoms with Gasteiger partial charge in [-0.2, -0.15) is 0 Å². The molecule has 0 saturated heterocycles. The Balaban J connectivity index is 1.31. The highest BCUT2D eigenvalue weighted by molar-refractivity contribution is 6.17. The van der Waals surface area contributed by atoms with Gasteiger partial charge in [-0.3, -0.25) is 0 Å². The van der Waals surface area contributed by atoms with E-state index in [2.05, 4.69) is 187 Å². The van der Waals surface area contributed by atoms with Crippen molar-refractivity contribution >= 4 is 73.1 Å². The molecule has 0 N–H and O–H groups in total. The second kappa shape index (κ2) is 11.0. The van der Waals surface area contributed by atoms with Crippen molar-refractivity contribution in [1.29, 1.82) is 0 Å². The van der Waals surface area contributed by atoms with Gasteiger partial charge in [-0.1, -0.05) is 133 Å². The van der Waals surface area contributed by atoms with Crippen LogP contribution in [0.5, 0.6) is 0 Å². The van der Waals surface area contributed by atoms with Gasteiger partial charge in [-0.15, -0.1) is 0 Å². The van der Waals surface area contributed by atoms with Crippen LogP contribution in [0.25, 0.3) is 67.2 Å². The maximum atomic E-state index is 7.07. The Morgan fingerprint density at radius 3 is 1.67 bits per heavy atom. The Bertz CT molecular complexity index is 3080. The van der Waals surface area contributed by atoms with Crippen molar-refractivity contribution in [2.75, 3.05) is 4.90 Å². The van der Waals surface area contributed by atoms with Crippen molar-refractivity contribution < 1.29 is 8.83 Å². The fraction of sp³-hybridized carbons (Fsp3) is 0.0196. The highest BCUT2D eigenvalue weighted by atomic mass is 16.3. The fourth-order valence-corrected chi connectivity index (χ4v) is 9.52. The molecule has 252 valence electrons. The van der Waals surface area contributed by atoms with Crippen molar-refractivity contribution in [1.82, 2.24) is 0 Å². The van der Waals surface area contributed by atoms with Gasteiger partial charge in [0.1, 0.15) is 22.3 Å². The van der Waals surface area contributed by atoms with Gasteiger partial charge in [0.05, 0.1) is 16.5 Å². The predicted molar refractivity (Wildman–Crippen MR) is 222 cm³/mol. The predicted octanol–water partition coefficient (Wildman–Crippen LogP) is 13.8. The van der Waals surface area contributed by atoms with Crippen LogP contribution in [0, 0.1) is 0 Å². The number of rotatable bonds is 3. The van der Waals surface area contributed by atoms with Crippen molar-refractivity contribution in [3.05, 3.63) is 209 Å². The molecule has 2 aliphatic carbocycles. The Labute approximate surface area is 311 Å². The molecule has 3 nitrogen and oxygen atoms in total. The third-order valence-electron chi connectivity index (χ3n) is 11.7. The second-order valence-electron chi connectivity index (χ2n) is 14.4. The highest BCUT2D eigenvalue weighted by Crippen LogP contribution is 2.61. The molecule has 8 aromatic carbocycles. The summed E-state index contributed by atoms with van der Waals surface area (Å²) in [5.41, 5.74) is 15.7. The summed E-state index contributed by atoms with van der Waals surface area (Å²) in [6.45, 7) is 0. The van der Waals surface area contributed by atoms with Gasteiger partial charge >= 0.3 is 0 Å². The molecule has 10 aromatic rings.